The molecule has 0 radical (unpaired) electrons. The molecule has 0 aromatic rings. The molecule has 28 valence electrons. The topological polar surface area (TPSA) is 0 Å². The summed E-state index contributed by atoms with van der Waals surface area (Å²) in [7, 11) is 0. The Morgan fingerprint density at radius 3 is 2.00 bits per heavy atom. The highest BCUT2D eigenvalue weighted by Gasteiger charge is 2.30. The second-order valence-corrected chi connectivity index (χ2v) is 2.19. The van der Waals surface area contributed by atoms with E-state index in [1.54, 1.807) is 0 Å². The van der Waals surface area contributed by atoms with Gasteiger partial charge in [-0.15, -0.1) is 0 Å². The largest absolute Gasteiger partial charge is 0.138 e. The van der Waals surface area contributed by atoms with Gasteiger partial charge in [-0.2, -0.15) is 0 Å². The zero-order chi connectivity index (χ0) is 3.86. The van der Waals surface area contributed by atoms with Gasteiger partial charge in [-0.05, 0) is 0 Å². The van der Waals surface area contributed by atoms with E-state index in [-0.39, 0.29) is 0 Å². The van der Waals surface area contributed by atoms with Crippen LogP contribution in [0.1, 0.15) is 6.92 Å². The van der Waals surface area contributed by atoms with Crippen LogP contribution < -0.4 is 0 Å². The summed E-state index contributed by atoms with van der Waals surface area (Å²) >= 11 is 0. The smallest absolute Gasteiger partial charge is 0.0859 e. The Morgan fingerprint density at radius 2 is 2.00 bits per heavy atom. The minimum Gasteiger partial charge on any atom is -0.0859 e. The van der Waals surface area contributed by atoms with Gasteiger partial charge in [0.25, 0.3) is 0 Å². The average molecular weight is 67.9 g/mol. The molecule has 0 N–H and O–H groups in total. The van der Waals surface area contributed by atoms with E-state index in [9.17, 15) is 0 Å². The molecule has 5 heavy (non-hydrogen) atoms. The van der Waals surface area contributed by atoms with E-state index < -0.39 is 0 Å². The maximum Gasteiger partial charge on any atom is 0.138 e. The van der Waals surface area contributed by atoms with Crippen LogP contribution in [0, 0.1) is 0 Å². The van der Waals surface area contributed by atoms with Crippen molar-refractivity contribution in [1.29, 1.82) is 0 Å². The molecule has 1 aliphatic rings. The second kappa shape index (κ2) is 0.765. The molecule has 0 saturated carbocycles. The molecule has 1 unspecified atom stereocenters. The molecule has 1 aliphatic heterocycles. The van der Waals surface area contributed by atoms with Crippen LogP contribution in [0.4, 0.5) is 0 Å². The van der Waals surface area contributed by atoms with Gasteiger partial charge in [0.15, 0.2) is 0 Å². The second-order valence-electron chi connectivity index (χ2n) is 2.19. The average Bonchev–Trinajstić information content (AvgIpc) is 1.79. The first kappa shape index (κ1) is 3.26. The molecule has 1 fully saturated rings. The van der Waals surface area contributed by atoms with Gasteiger partial charge in [0.2, 0.25) is 0 Å². The van der Waals surface area contributed by atoms with Crippen LogP contribution in [0.5, 0.6) is 0 Å². The van der Waals surface area contributed by atoms with Crippen LogP contribution >= 0.6 is 0 Å². The van der Waals surface area contributed by atoms with Crippen LogP contribution in [-0.2, 0) is 0 Å². The minimum atomic E-state index is 1.05. The highest BCUT2D eigenvalue weighted by molar-refractivity contribution is 6.70. The first-order valence-electron chi connectivity index (χ1n) is 2.30. The number of rotatable bonds is 0. The van der Waals surface area contributed by atoms with Gasteiger partial charge in [0, 0.05) is 0 Å². The van der Waals surface area contributed by atoms with E-state index >= 15 is 0 Å². The Morgan fingerprint density at radius 1 is 1.80 bits per heavy atom. The molecule has 0 bridgehead atoms. The van der Waals surface area contributed by atoms with Crippen LogP contribution in [-0.4, -0.2) is 6.71 Å². The molecule has 0 spiro atoms. The highest BCUT2D eigenvalue weighted by Crippen LogP contribution is 2.35. The lowest BCUT2D eigenvalue weighted by atomic mass is 9.72. The monoisotopic (exact) mass is 68.1 g/mol. The van der Waals surface area contributed by atoms with E-state index in [2.05, 4.69) is 13.7 Å². The van der Waals surface area contributed by atoms with Gasteiger partial charge in [-0.25, -0.2) is 0 Å². The van der Waals surface area contributed by atoms with E-state index in [1.807, 2.05) is 0 Å². The van der Waals surface area contributed by atoms with Crippen molar-refractivity contribution in [2.75, 3.05) is 0 Å². The van der Waals surface area contributed by atoms with Gasteiger partial charge in [0.05, 0.1) is 0 Å². The molecule has 1 atom stereocenters. The van der Waals surface area contributed by atoms with Gasteiger partial charge >= 0.3 is 0 Å². The van der Waals surface area contributed by atoms with E-state index in [1.165, 1.54) is 6.32 Å². The lowest BCUT2D eigenvalue weighted by Crippen LogP contribution is -1.70. The van der Waals surface area contributed by atoms with Crippen LogP contribution in [0.3, 0.4) is 0 Å². The molecule has 1 rings (SSSR count). The van der Waals surface area contributed by atoms with Crippen molar-refractivity contribution in [3.05, 3.63) is 0 Å². The Balaban J connectivity index is 2.20. The maximum atomic E-state index is 2.30. The Bertz CT molecular complexity index is 36.9. The van der Waals surface area contributed by atoms with E-state index in [0.717, 1.165) is 12.5 Å². The van der Waals surface area contributed by atoms with Crippen molar-refractivity contribution in [2.45, 2.75) is 25.9 Å². The summed E-state index contributed by atoms with van der Waals surface area (Å²) in [5.74, 6) is 1.05. The molecular formula is C4H9B. The van der Waals surface area contributed by atoms with Crippen molar-refractivity contribution < 1.29 is 0 Å². The van der Waals surface area contributed by atoms with Crippen molar-refractivity contribution in [1.82, 2.24) is 0 Å². The van der Waals surface area contributed by atoms with E-state index in [4.69, 9.17) is 0 Å². The van der Waals surface area contributed by atoms with Crippen LogP contribution in [0.2, 0.25) is 19.0 Å². The van der Waals surface area contributed by atoms with Crippen molar-refractivity contribution in [3.8, 4) is 0 Å². The lowest BCUT2D eigenvalue weighted by Gasteiger charge is -1.63. The van der Waals surface area contributed by atoms with Crippen molar-refractivity contribution in [2.24, 2.45) is 0 Å². The zero-order valence-electron chi connectivity index (χ0n) is 3.86. The summed E-state index contributed by atoms with van der Waals surface area (Å²) in [4.78, 5) is 0. The molecule has 0 aromatic carbocycles. The van der Waals surface area contributed by atoms with E-state index in [0.29, 0.717) is 0 Å². The predicted molar refractivity (Wildman–Crippen MR) is 25.8 cm³/mol. The van der Waals surface area contributed by atoms with Crippen molar-refractivity contribution in [3.63, 3.8) is 0 Å². The van der Waals surface area contributed by atoms with Gasteiger partial charge in [-0.1, -0.05) is 25.9 Å². The molecule has 0 aromatic heterocycles. The Hall–Kier alpha value is 0.0649. The molecule has 0 nitrogen and oxygen atoms in total. The molecule has 0 amide bonds. The summed E-state index contributed by atoms with van der Waals surface area (Å²) in [6.45, 7) is 5.64. The lowest BCUT2D eigenvalue weighted by molar-refractivity contribution is 1.21. The first-order chi connectivity index (χ1) is 2.30. The Labute approximate surface area is 33.7 Å². The van der Waals surface area contributed by atoms with Gasteiger partial charge in [0.1, 0.15) is 6.71 Å². The summed E-state index contributed by atoms with van der Waals surface area (Å²) < 4.78 is 0. The van der Waals surface area contributed by atoms with Crippen molar-refractivity contribution >= 4 is 6.71 Å². The number of hydrogen-bond donors (Lipinski definition) is 0. The van der Waals surface area contributed by atoms with Crippen LogP contribution in [0.15, 0.2) is 0 Å². The molecule has 1 heteroatoms. The van der Waals surface area contributed by atoms with Gasteiger partial charge in [-0.3, -0.25) is 0 Å². The summed E-state index contributed by atoms with van der Waals surface area (Å²) in [5.41, 5.74) is 0. The highest BCUT2D eigenvalue weighted by atomic mass is 14.0. The molecular weight excluding hydrogens is 58.9 g/mol. The third-order valence-electron chi connectivity index (χ3n) is 1.51. The summed E-state index contributed by atoms with van der Waals surface area (Å²) in [6, 6.07) is 0. The first-order valence-corrected chi connectivity index (χ1v) is 2.30. The zero-order valence-corrected chi connectivity index (χ0v) is 3.86. The predicted octanol–water partition coefficient (Wildman–Crippen LogP) is 1.51. The molecule has 1 heterocycles. The third-order valence-corrected chi connectivity index (χ3v) is 1.51. The third kappa shape index (κ3) is 0.471. The molecule has 0 aliphatic carbocycles. The summed E-state index contributed by atoms with van der Waals surface area (Å²) in [5, 5.41) is 0. The van der Waals surface area contributed by atoms with Gasteiger partial charge < -0.3 is 0 Å². The minimum absolute atomic E-state index is 1.05. The fourth-order valence-corrected chi connectivity index (χ4v) is 0.508. The maximum absolute atomic E-state index is 2.30. The standard InChI is InChI=1S/C4H9B/c1-4-3-5(4)2/h4H,3H2,1-2H3. The fourth-order valence-electron chi connectivity index (χ4n) is 0.508. The number of hydrogen-bond acceptors (Lipinski definition) is 0. The SMILES string of the molecule is CB1CC1C. The fraction of sp³-hybridized carbons (Fsp3) is 1.00. The van der Waals surface area contributed by atoms with Crippen LogP contribution in [0.25, 0.3) is 0 Å². The normalized spacial score (nSPS) is 34.8. The quantitative estimate of drug-likeness (QED) is 0.377. The summed E-state index contributed by atoms with van der Waals surface area (Å²) in [6.07, 6.45) is 1.47. The molecule has 1 saturated heterocycles. The Kier molecular flexibility index (Phi) is 0.499.